The number of hydrogen-bond donors (Lipinski definition) is 1. The monoisotopic (exact) mass is 522 g/mol. The quantitative estimate of drug-likeness (QED) is 0.421. The van der Waals surface area contributed by atoms with Crippen molar-refractivity contribution in [3.05, 3.63) is 93.5 Å². The highest BCUT2D eigenvalue weighted by Gasteiger charge is 2.35. The fraction of sp³-hybridized carbons (Fsp3) is 0.296. The second-order valence-electron chi connectivity index (χ2n) is 9.92. The number of hydrogen-bond acceptors (Lipinski definition) is 4. The number of para-hydroxylation sites is 1. The van der Waals surface area contributed by atoms with Crippen molar-refractivity contribution in [3.8, 4) is 0 Å². The van der Waals surface area contributed by atoms with Crippen molar-refractivity contribution >= 4 is 38.2 Å². The molecule has 0 amide bonds. The van der Waals surface area contributed by atoms with E-state index in [9.17, 15) is 13.2 Å². The molecule has 36 heavy (non-hydrogen) atoms. The Hall–Kier alpha value is -3.07. The molecule has 2 aliphatic rings. The van der Waals surface area contributed by atoms with Crippen LogP contribution >= 0.6 is 11.6 Å². The summed E-state index contributed by atoms with van der Waals surface area (Å²) >= 11 is 5.88. The number of halogens is 1. The van der Waals surface area contributed by atoms with E-state index in [-0.39, 0.29) is 22.1 Å². The highest BCUT2D eigenvalue weighted by atomic mass is 35.5. The van der Waals surface area contributed by atoms with Gasteiger partial charge in [-0.15, -0.1) is 0 Å². The Morgan fingerprint density at radius 1 is 1.00 bits per heavy atom. The van der Waals surface area contributed by atoms with Gasteiger partial charge < -0.3 is 9.13 Å². The number of fused-ring (bicyclic) bond motifs is 5. The van der Waals surface area contributed by atoms with Crippen LogP contribution in [-0.2, 0) is 30.2 Å². The van der Waals surface area contributed by atoms with Crippen molar-refractivity contribution in [2.45, 2.75) is 30.3 Å². The van der Waals surface area contributed by atoms with Gasteiger partial charge in [-0.05, 0) is 60.4 Å². The first kappa shape index (κ1) is 23.3. The summed E-state index contributed by atoms with van der Waals surface area (Å²) in [5.41, 5.74) is 3.31. The molecule has 186 valence electrons. The van der Waals surface area contributed by atoms with Gasteiger partial charge in [0.25, 0.3) is 15.6 Å². The van der Waals surface area contributed by atoms with Gasteiger partial charge in [0.2, 0.25) is 0 Å². The smallest absolute Gasteiger partial charge is 0.275 e. The van der Waals surface area contributed by atoms with Crippen LogP contribution in [0.2, 0.25) is 5.02 Å². The predicted octanol–water partition coefficient (Wildman–Crippen LogP) is 4.41. The Balaban J connectivity index is 1.24. The van der Waals surface area contributed by atoms with Gasteiger partial charge in [-0.2, -0.15) is 0 Å². The molecule has 0 radical (unpaired) electrons. The molecule has 7 nitrogen and oxygen atoms in total. The van der Waals surface area contributed by atoms with Crippen molar-refractivity contribution in [3.63, 3.8) is 0 Å². The number of nitrogens with zero attached hydrogens (tertiary/aromatic N) is 3. The molecule has 9 heteroatoms. The van der Waals surface area contributed by atoms with Crippen molar-refractivity contribution in [2.75, 3.05) is 17.8 Å². The second kappa shape index (κ2) is 8.80. The molecule has 0 spiro atoms. The van der Waals surface area contributed by atoms with E-state index >= 15 is 0 Å². The van der Waals surface area contributed by atoms with Gasteiger partial charge in [-0.25, -0.2) is 8.42 Å². The average Bonchev–Trinajstić information content (AvgIpc) is 3.16. The Bertz CT molecular complexity index is 1630. The molecule has 4 aromatic rings. The molecule has 2 aromatic heterocycles. The van der Waals surface area contributed by atoms with Crippen LogP contribution in [0.15, 0.2) is 76.6 Å². The van der Waals surface area contributed by atoms with E-state index in [1.165, 1.54) is 40.7 Å². The fourth-order valence-corrected chi connectivity index (χ4v) is 7.04. The molecule has 6 rings (SSSR count). The Morgan fingerprint density at radius 3 is 2.58 bits per heavy atom. The molecule has 1 N–H and O–H groups in total. The predicted molar refractivity (Wildman–Crippen MR) is 142 cm³/mol. The molecule has 0 saturated carbocycles. The summed E-state index contributed by atoms with van der Waals surface area (Å²) in [7, 11) is -1.81. The van der Waals surface area contributed by atoms with Crippen molar-refractivity contribution < 1.29 is 8.42 Å². The first-order chi connectivity index (χ1) is 17.3. The van der Waals surface area contributed by atoms with Gasteiger partial charge in [0.15, 0.2) is 0 Å². The molecule has 2 aromatic carbocycles. The van der Waals surface area contributed by atoms with Gasteiger partial charge in [0.1, 0.15) is 5.69 Å². The molecular formula is C27H27ClN4O3S. The number of anilines is 1. The lowest BCUT2D eigenvalue weighted by atomic mass is 9.83. The summed E-state index contributed by atoms with van der Waals surface area (Å²) in [5.74, 6) is 0.578. The maximum Gasteiger partial charge on any atom is 0.275 e. The molecule has 2 aliphatic heterocycles. The van der Waals surface area contributed by atoms with E-state index in [4.69, 9.17) is 11.6 Å². The zero-order valence-corrected chi connectivity index (χ0v) is 21.5. The SMILES string of the molecule is Cn1cc(CN2C[C@H]3C[C@H](C2)c2ccc(NS(=O)(=O)c4ccc(Cl)cc4)c(=O)n2C3)c2ccccc21. The lowest BCUT2D eigenvalue weighted by Crippen LogP contribution is -2.47. The molecule has 2 atom stereocenters. The summed E-state index contributed by atoms with van der Waals surface area (Å²) in [4.78, 5) is 15.9. The number of aromatic nitrogens is 2. The normalized spacial score (nSPS) is 19.8. The maximum absolute atomic E-state index is 13.3. The first-order valence-corrected chi connectivity index (χ1v) is 13.9. The summed E-state index contributed by atoms with van der Waals surface area (Å²) in [6.07, 6.45) is 3.26. The minimum atomic E-state index is -3.89. The van der Waals surface area contributed by atoms with E-state index in [0.717, 1.165) is 31.7 Å². The number of piperidine rings is 1. The van der Waals surface area contributed by atoms with Crippen LogP contribution in [0.5, 0.6) is 0 Å². The lowest BCUT2D eigenvalue weighted by Gasteiger charge is -2.43. The average molecular weight is 523 g/mol. The van der Waals surface area contributed by atoms with Crippen LogP contribution in [0.3, 0.4) is 0 Å². The topological polar surface area (TPSA) is 76.3 Å². The molecule has 0 aliphatic carbocycles. The van der Waals surface area contributed by atoms with E-state index in [1.807, 2.05) is 6.07 Å². The maximum atomic E-state index is 13.3. The van der Waals surface area contributed by atoms with E-state index in [0.29, 0.717) is 17.5 Å². The fourth-order valence-electron chi connectivity index (χ4n) is 5.86. The van der Waals surface area contributed by atoms with Gasteiger partial charge in [0, 0.05) is 67.0 Å². The third-order valence-corrected chi connectivity index (χ3v) is 9.05. The van der Waals surface area contributed by atoms with Crippen LogP contribution in [-0.4, -0.2) is 35.5 Å². The number of rotatable bonds is 5. The van der Waals surface area contributed by atoms with E-state index in [1.54, 1.807) is 10.6 Å². The molecule has 1 saturated heterocycles. The Labute approximate surface area is 215 Å². The summed E-state index contributed by atoms with van der Waals surface area (Å²) in [6.45, 7) is 3.24. The number of aryl methyl sites for hydroxylation is 1. The van der Waals surface area contributed by atoms with Crippen LogP contribution in [0.4, 0.5) is 5.69 Å². The molecule has 1 fully saturated rings. The minimum absolute atomic E-state index is 0.0648. The highest BCUT2D eigenvalue weighted by molar-refractivity contribution is 7.92. The van der Waals surface area contributed by atoms with Crippen molar-refractivity contribution in [2.24, 2.45) is 13.0 Å². The van der Waals surface area contributed by atoms with Crippen LogP contribution < -0.4 is 10.3 Å². The summed E-state index contributed by atoms with van der Waals surface area (Å²) < 4.78 is 32.1. The Morgan fingerprint density at radius 2 is 1.78 bits per heavy atom. The number of nitrogens with one attached hydrogen (secondary N) is 1. The number of benzene rings is 2. The molecule has 2 bridgehead atoms. The lowest BCUT2D eigenvalue weighted by molar-refractivity contribution is 0.115. The Kier molecular flexibility index (Phi) is 5.70. The second-order valence-corrected chi connectivity index (χ2v) is 12.0. The van der Waals surface area contributed by atoms with Gasteiger partial charge in [0.05, 0.1) is 4.90 Å². The molecular weight excluding hydrogens is 496 g/mol. The van der Waals surface area contributed by atoms with Crippen molar-refractivity contribution in [1.82, 2.24) is 14.0 Å². The summed E-state index contributed by atoms with van der Waals surface area (Å²) in [6, 6.07) is 17.9. The first-order valence-electron chi connectivity index (χ1n) is 12.1. The number of pyridine rings is 1. The van der Waals surface area contributed by atoms with Crippen molar-refractivity contribution in [1.29, 1.82) is 0 Å². The molecule has 0 unspecified atom stereocenters. The number of likely N-dealkylation sites (tertiary alicyclic amines) is 1. The standard InChI is InChI=1S/C27H27ClN4O3S/c1-30-15-20(23-4-2-3-5-26(23)30)17-31-13-18-12-19(16-31)25-11-10-24(27(33)32(25)14-18)29-36(34,35)22-8-6-21(28)7-9-22/h2-11,15,18-19,29H,12-14,16-17H2,1H3/t18-,19-/m1/s1. The van der Waals surface area contributed by atoms with E-state index in [2.05, 4.69) is 51.7 Å². The van der Waals surface area contributed by atoms with E-state index < -0.39 is 10.0 Å². The highest BCUT2D eigenvalue weighted by Crippen LogP contribution is 2.36. The van der Waals surface area contributed by atoms with Crippen LogP contribution in [0, 0.1) is 5.92 Å². The third-order valence-electron chi connectivity index (χ3n) is 7.42. The van der Waals surface area contributed by atoms with Gasteiger partial charge in [-0.3, -0.25) is 14.4 Å². The van der Waals surface area contributed by atoms with Gasteiger partial charge >= 0.3 is 0 Å². The zero-order valence-electron chi connectivity index (χ0n) is 19.9. The van der Waals surface area contributed by atoms with Crippen LogP contribution in [0.25, 0.3) is 10.9 Å². The van der Waals surface area contributed by atoms with Gasteiger partial charge in [-0.1, -0.05) is 29.8 Å². The zero-order chi connectivity index (χ0) is 25.0. The molecule has 4 heterocycles. The van der Waals surface area contributed by atoms with Crippen LogP contribution in [0.1, 0.15) is 23.6 Å². The number of sulfonamides is 1. The third kappa shape index (κ3) is 4.13. The summed E-state index contributed by atoms with van der Waals surface area (Å²) in [5, 5.41) is 1.73. The minimum Gasteiger partial charge on any atom is -0.350 e. The largest absolute Gasteiger partial charge is 0.350 e.